The Balaban J connectivity index is 1.27. The molecule has 78 heavy (non-hydrogen) atoms. The van der Waals surface area contributed by atoms with E-state index >= 15 is 0 Å². The topological polar surface area (TPSA) is 69.3 Å². The minimum atomic E-state index is 0.480. The molecule has 362 valence electrons. The molecule has 0 fully saturated rings. The van der Waals surface area contributed by atoms with Crippen molar-refractivity contribution >= 4 is 87.2 Å². The number of para-hydroxylation sites is 8. The molecule has 0 aliphatic heterocycles. The van der Waals surface area contributed by atoms with Crippen molar-refractivity contribution in [3.63, 3.8) is 0 Å². The average molecular weight is 994 g/mol. The highest BCUT2D eigenvalue weighted by Gasteiger charge is 2.36. The largest absolute Gasteiger partial charge is 0.306 e. The van der Waals surface area contributed by atoms with Gasteiger partial charge >= 0.3 is 0 Å². The third-order valence-electron chi connectivity index (χ3n) is 15.8. The zero-order valence-corrected chi connectivity index (χ0v) is 42.0. The predicted molar refractivity (Wildman–Crippen MR) is 320 cm³/mol. The third kappa shape index (κ3) is 6.26. The van der Waals surface area contributed by atoms with Crippen molar-refractivity contribution < 1.29 is 0 Å². The third-order valence-corrected chi connectivity index (χ3v) is 15.8. The standard InChI is InChI=1S/C71H43N7/c72-44-55-67(75-58-35-15-7-27-47(58)48-28-8-16-36-59(48)75)69(77-62-39-19-11-31-51(62)52-32-12-20-40-63(52)77)66(71-73-56(45-23-3-1-4-24-45)43-57(74-71)46-25-5-2-6-26-46)70(78-64-41-21-13-33-53(64)54-34-14-22-42-65(54)78)68(55)76-60-37-17-9-29-49(60)50-30-10-18-38-61(50)76/h1-43H. The fraction of sp³-hybridized carbons (Fsp3) is 0. The summed E-state index contributed by atoms with van der Waals surface area (Å²) >= 11 is 0. The van der Waals surface area contributed by atoms with Gasteiger partial charge in [-0.05, 0) is 54.6 Å². The van der Waals surface area contributed by atoms with E-state index in [0.29, 0.717) is 22.8 Å². The van der Waals surface area contributed by atoms with E-state index in [2.05, 4.69) is 273 Å². The summed E-state index contributed by atoms with van der Waals surface area (Å²) in [6.07, 6.45) is 0. The molecule has 7 nitrogen and oxygen atoms in total. The van der Waals surface area contributed by atoms with Crippen molar-refractivity contribution in [2.24, 2.45) is 0 Å². The Morgan fingerprint density at radius 3 is 0.756 bits per heavy atom. The second-order valence-electron chi connectivity index (χ2n) is 19.9. The fourth-order valence-electron chi connectivity index (χ4n) is 12.6. The first-order valence-corrected chi connectivity index (χ1v) is 26.3. The Hall–Kier alpha value is -10.8. The molecule has 16 aromatic rings. The van der Waals surface area contributed by atoms with E-state index < -0.39 is 0 Å². The molecule has 5 aromatic heterocycles. The minimum Gasteiger partial charge on any atom is -0.306 e. The summed E-state index contributed by atoms with van der Waals surface area (Å²) in [6.45, 7) is 0. The zero-order chi connectivity index (χ0) is 51.4. The Morgan fingerprint density at radius 2 is 0.500 bits per heavy atom. The molecule has 0 amide bonds. The Kier molecular flexibility index (Phi) is 9.56. The van der Waals surface area contributed by atoms with Gasteiger partial charge in [-0.2, -0.15) is 5.26 Å². The summed E-state index contributed by atoms with van der Waals surface area (Å²) in [5.74, 6) is 0.498. The van der Waals surface area contributed by atoms with Gasteiger partial charge in [-0.3, -0.25) is 0 Å². The lowest BCUT2D eigenvalue weighted by Crippen LogP contribution is -2.17. The van der Waals surface area contributed by atoms with Crippen LogP contribution in [0.15, 0.2) is 261 Å². The van der Waals surface area contributed by atoms with E-state index in [0.717, 1.165) is 127 Å². The molecule has 0 saturated carbocycles. The molecule has 0 atom stereocenters. The lowest BCUT2D eigenvalue weighted by atomic mass is 9.96. The normalized spacial score (nSPS) is 11.8. The summed E-state index contributed by atoms with van der Waals surface area (Å²) in [6, 6.07) is 94.9. The first-order chi connectivity index (χ1) is 38.7. The van der Waals surface area contributed by atoms with Gasteiger partial charge in [0.1, 0.15) is 11.6 Å². The van der Waals surface area contributed by atoms with Crippen molar-refractivity contribution in [1.82, 2.24) is 28.2 Å². The maximum atomic E-state index is 12.9. The van der Waals surface area contributed by atoms with Gasteiger partial charge in [0.15, 0.2) is 5.82 Å². The number of hydrogen-bond acceptors (Lipinski definition) is 3. The van der Waals surface area contributed by atoms with Gasteiger partial charge in [0.25, 0.3) is 0 Å². The highest BCUT2D eigenvalue weighted by atomic mass is 15.1. The van der Waals surface area contributed by atoms with Crippen LogP contribution < -0.4 is 0 Å². The molecule has 0 aliphatic rings. The molecule has 0 N–H and O–H groups in total. The van der Waals surface area contributed by atoms with E-state index in [4.69, 9.17) is 9.97 Å². The molecule has 0 bridgehead atoms. The van der Waals surface area contributed by atoms with Crippen LogP contribution in [0.1, 0.15) is 5.56 Å². The van der Waals surface area contributed by atoms with Gasteiger partial charge in [-0.1, -0.05) is 206 Å². The van der Waals surface area contributed by atoms with Crippen molar-refractivity contribution in [2.45, 2.75) is 0 Å². The van der Waals surface area contributed by atoms with E-state index in [9.17, 15) is 5.26 Å². The number of nitriles is 1. The smallest absolute Gasteiger partial charge is 0.164 e. The summed E-state index contributed by atoms with van der Waals surface area (Å²) in [5, 5.41) is 21.5. The van der Waals surface area contributed by atoms with Crippen molar-refractivity contribution in [1.29, 1.82) is 5.26 Å². The molecule has 5 heterocycles. The molecule has 0 saturated heterocycles. The molecular weight excluding hydrogens is 951 g/mol. The van der Waals surface area contributed by atoms with Crippen LogP contribution >= 0.6 is 0 Å². The van der Waals surface area contributed by atoms with Crippen LogP contribution in [-0.4, -0.2) is 28.2 Å². The number of rotatable bonds is 7. The van der Waals surface area contributed by atoms with Crippen LogP contribution in [0.2, 0.25) is 0 Å². The minimum absolute atomic E-state index is 0.480. The van der Waals surface area contributed by atoms with Crippen molar-refractivity contribution in [3.05, 3.63) is 266 Å². The monoisotopic (exact) mass is 993 g/mol. The van der Waals surface area contributed by atoms with E-state index in [1.54, 1.807) is 0 Å². The van der Waals surface area contributed by atoms with Crippen LogP contribution in [0.4, 0.5) is 0 Å². The van der Waals surface area contributed by atoms with E-state index in [-0.39, 0.29) is 0 Å². The van der Waals surface area contributed by atoms with Crippen LogP contribution in [0, 0.1) is 11.3 Å². The molecule has 0 aliphatic carbocycles. The van der Waals surface area contributed by atoms with Crippen LogP contribution in [-0.2, 0) is 0 Å². The molecule has 11 aromatic carbocycles. The number of aromatic nitrogens is 6. The number of nitrogens with zero attached hydrogens (tertiary/aromatic N) is 7. The SMILES string of the molecule is N#Cc1c(-n2c3ccccc3c3ccccc32)c(-n2c3ccccc3c3ccccc32)c(-c2nc(-c3ccccc3)cc(-c3ccccc3)n2)c(-n2c3ccccc3c3ccccc32)c1-n1c2ccccc2c2ccccc21. The van der Waals surface area contributed by atoms with Gasteiger partial charge in [0.2, 0.25) is 0 Å². The second kappa shape index (κ2) is 17.1. The fourth-order valence-corrected chi connectivity index (χ4v) is 12.6. The van der Waals surface area contributed by atoms with Crippen LogP contribution in [0.3, 0.4) is 0 Å². The first-order valence-electron chi connectivity index (χ1n) is 26.3. The van der Waals surface area contributed by atoms with Gasteiger partial charge < -0.3 is 18.3 Å². The molecule has 0 unspecified atom stereocenters. The molecular formula is C71H43N7. The van der Waals surface area contributed by atoms with Crippen molar-refractivity contribution in [2.75, 3.05) is 0 Å². The molecule has 7 heteroatoms. The molecule has 16 rings (SSSR count). The highest BCUT2D eigenvalue weighted by molar-refractivity contribution is 6.17. The maximum Gasteiger partial charge on any atom is 0.164 e. The Morgan fingerprint density at radius 1 is 0.269 bits per heavy atom. The van der Waals surface area contributed by atoms with Crippen LogP contribution in [0.5, 0.6) is 0 Å². The maximum absolute atomic E-state index is 12.9. The quantitative estimate of drug-likeness (QED) is 0.160. The lowest BCUT2D eigenvalue weighted by molar-refractivity contribution is 1.02. The number of fused-ring (bicyclic) bond motifs is 12. The molecule has 0 radical (unpaired) electrons. The molecule has 0 spiro atoms. The van der Waals surface area contributed by atoms with Crippen LogP contribution in [0.25, 0.3) is 144 Å². The summed E-state index contributed by atoms with van der Waals surface area (Å²) in [7, 11) is 0. The zero-order valence-electron chi connectivity index (χ0n) is 42.0. The van der Waals surface area contributed by atoms with E-state index in [1.807, 2.05) is 12.1 Å². The Bertz CT molecular complexity index is 4640. The van der Waals surface area contributed by atoms with Gasteiger partial charge in [0.05, 0.1) is 83.8 Å². The van der Waals surface area contributed by atoms with Crippen molar-refractivity contribution in [3.8, 4) is 62.7 Å². The van der Waals surface area contributed by atoms with E-state index in [1.165, 1.54) is 0 Å². The van der Waals surface area contributed by atoms with Gasteiger partial charge in [-0.15, -0.1) is 0 Å². The summed E-state index contributed by atoms with van der Waals surface area (Å²) in [5.41, 5.74) is 15.4. The first kappa shape index (κ1) is 43.6. The average Bonchev–Trinajstić information content (AvgIpc) is 4.30. The number of hydrogen-bond donors (Lipinski definition) is 0. The predicted octanol–water partition coefficient (Wildman–Crippen LogP) is 17.7. The highest BCUT2D eigenvalue weighted by Crippen LogP contribution is 2.51. The van der Waals surface area contributed by atoms with Gasteiger partial charge in [0, 0.05) is 54.2 Å². The van der Waals surface area contributed by atoms with Gasteiger partial charge in [-0.25, -0.2) is 9.97 Å². The number of benzene rings is 11. The summed E-state index contributed by atoms with van der Waals surface area (Å²) in [4.78, 5) is 11.7. The lowest BCUT2D eigenvalue weighted by Gasteiger charge is -2.29. The second-order valence-corrected chi connectivity index (χ2v) is 19.9. The summed E-state index contributed by atoms with van der Waals surface area (Å²) < 4.78 is 9.48. The Labute approximate surface area is 447 Å².